The molecule has 3 amide bonds. The van der Waals surface area contributed by atoms with E-state index in [2.05, 4.69) is 5.32 Å². The van der Waals surface area contributed by atoms with E-state index in [4.69, 9.17) is 5.11 Å². The lowest BCUT2D eigenvalue weighted by atomic mass is 10.2. The van der Waals surface area contributed by atoms with Crippen LogP contribution in [0.5, 0.6) is 0 Å². The number of anilines is 1. The minimum atomic E-state index is -0.961. The van der Waals surface area contributed by atoms with Crippen LogP contribution in [0.4, 0.5) is 10.5 Å². The molecule has 1 aromatic rings. The zero-order valence-electron chi connectivity index (χ0n) is 14.2. The SMILES string of the molecule is Cc1ccc(N2CCC(NC(=O)N(C)CC(C)C(=O)O)C2=O)cc1. The molecule has 0 saturated carbocycles. The largest absolute Gasteiger partial charge is 0.481 e. The fraction of sp³-hybridized carbons (Fsp3) is 0.471. The first-order valence-corrected chi connectivity index (χ1v) is 7.92. The normalized spacial score (nSPS) is 18.4. The standard InChI is InChI=1S/C17H23N3O4/c1-11-4-6-13(7-5-11)20-9-8-14(15(20)21)18-17(24)19(3)10-12(2)16(22)23/h4-7,12,14H,8-10H2,1-3H3,(H,18,24)(H,22,23). The molecule has 1 aromatic carbocycles. The number of urea groups is 1. The van der Waals surface area contributed by atoms with Crippen LogP contribution in [0.15, 0.2) is 24.3 Å². The molecule has 0 aromatic heterocycles. The Kier molecular flexibility index (Phi) is 5.43. The third-order valence-electron chi connectivity index (χ3n) is 4.16. The van der Waals surface area contributed by atoms with Crippen LogP contribution in [0.1, 0.15) is 18.9 Å². The van der Waals surface area contributed by atoms with E-state index in [0.29, 0.717) is 13.0 Å². The zero-order valence-corrected chi connectivity index (χ0v) is 14.2. The molecule has 2 atom stereocenters. The molecular formula is C17H23N3O4. The Morgan fingerprint density at radius 3 is 2.58 bits per heavy atom. The van der Waals surface area contributed by atoms with Gasteiger partial charge in [-0.05, 0) is 25.5 Å². The highest BCUT2D eigenvalue weighted by Crippen LogP contribution is 2.22. The van der Waals surface area contributed by atoms with Crippen LogP contribution in [0.3, 0.4) is 0 Å². The molecule has 1 fully saturated rings. The number of nitrogens with one attached hydrogen (secondary N) is 1. The van der Waals surface area contributed by atoms with Gasteiger partial charge in [-0.1, -0.05) is 24.6 Å². The molecule has 1 aliphatic heterocycles. The van der Waals surface area contributed by atoms with E-state index in [-0.39, 0.29) is 12.5 Å². The number of aliphatic carboxylic acids is 1. The van der Waals surface area contributed by atoms with E-state index in [1.54, 1.807) is 4.90 Å². The summed E-state index contributed by atoms with van der Waals surface area (Å²) in [5, 5.41) is 11.6. The lowest BCUT2D eigenvalue weighted by Crippen LogP contribution is -2.48. The summed E-state index contributed by atoms with van der Waals surface area (Å²) in [5.41, 5.74) is 1.93. The van der Waals surface area contributed by atoms with Gasteiger partial charge in [0, 0.05) is 25.8 Å². The van der Waals surface area contributed by atoms with Crippen molar-refractivity contribution in [3.8, 4) is 0 Å². The summed E-state index contributed by atoms with van der Waals surface area (Å²) in [5.74, 6) is -1.77. The van der Waals surface area contributed by atoms with Gasteiger partial charge < -0.3 is 20.2 Å². The van der Waals surface area contributed by atoms with E-state index in [1.807, 2.05) is 31.2 Å². The van der Waals surface area contributed by atoms with Gasteiger partial charge in [-0.15, -0.1) is 0 Å². The second kappa shape index (κ2) is 7.33. The fourth-order valence-electron chi connectivity index (χ4n) is 2.63. The first-order chi connectivity index (χ1) is 11.3. The molecule has 24 heavy (non-hydrogen) atoms. The molecule has 7 nitrogen and oxygen atoms in total. The number of aryl methyl sites for hydroxylation is 1. The van der Waals surface area contributed by atoms with Gasteiger partial charge in [0.05, 0.1) is 5.92 Å². The Labute approximate surface area is 141 Å². The summed E-state index contributed by atoms with van der Waals surface area (Å²) < 4.78 is 0. The number of carbonyl (C=O) groups is 3. The molecule has 1 aliphatic rings. The van der Waals surface area contributed by atoms with Gasteiger partial charge in [-0.2, -0.15) is 0 Å². The van der Waals surface area contributed by atoms with Crippen molar-refractivity contribution in [2.75, 3.05) is 25.0 Å². The van der Waals surface area contributed by atoms with Gasteiger partial charge in [0.2, 0.25) is 5.91 Å². The monoisotopic (exact) mass is 333 g/mol. The number of carboxylic acid groups (broad SMARTS) is 1. The topological polar surface area (TPSA) is 90.0 Å². The van der Waals surface area contributed by atoms with Crippen molar-refractivity contribution in [2.45, 2.75) is 26.3 Å². The van der Waals surface area contributed by atoms with Crippen molar-refractivity contribution < 1.29 is 19.5 Å². The van der Waals surface area contributed by atoms with Gasteiger partial charge in [-0.25, -0.2) is 4.79 Å². The van der Waals surface area contributed by atoms with E-state index in [0.717, 1.165) is 11.3 Å². The number of nitrogens with zero attached hydrogens (tertiary/aromatic N) is 2. The quantitative estimate of drug-likeness (QED) is 0.854. The minimum absolute atomic E-state index is 0.0871. The number of hydrogen-bond acceptors (Lipinski definition) is 3. The van der Waals surface area contributed by atoms with Gasteiger partial charge in [0.25, 0.3) is 0 Å². The first-order valence-electron chi connectivity index (χ1n) is 7.92. The Morgan fingerprint density at radius 2 is 2.00 bits per heavy atom. The Bertz CT molecular complexity index is 629. The second-order valence-corrected chi connectivity index (χ2v) is 6.24. The van der Waals surface area contributed by atoms with Gasteiger partial charge >= 0.3 is 12.0 Å². The Morgan fingerprint density at radius 1 is 1.38 bits per heavy atom. The van der Waals surface area contributed by atoms with Crippen LogP contribution in [0, 0.1) is 12.8 Å². The summed E-state index contributed by atoms with van der Waals surface area (Å²) in [6, 6.07) is 6.63. The van der Waals surface area contributed by atoms with Crippen molar-refractivity contribution in [1.29, 1.82) is 0 Å². The summed E-state index contributed by atoms with van der Waals surface area (Å²) >= 11 is 0. The number of carbonyl (C=O) groups excluding carboxylic acids is 2. The smallest absolute Gasteiger partial charge is 0.317 e. The highest BCUT2D eigenvalue weighted by atomic mass is 16.4. The van der Waals surface area contributed by atoms with E-state index in [1.165, 1.54) is 18.9 Å². The average molecular weight is 333 g/mol. The highest BCUT2D eigenvalue weighted by Gasteiger charge is 2.34. The van der Waals surface area contributed by atoms with Crippen molar-refractivity contribution in [1.82, 2.24) is 10.2 Å². The zero-order chi connectivity index (χ0) is 17.9. The summed E-state index contributed by atoms with van der Waals surface area (Å²) in [7, 11) is 1.52. The first kappa shape index (κ1) is 17.8. The van der Waals surface area contributed by atoms with Gasteiger partial charge in [0.15, 0.2) is 0 Å². The number of carboxylic acids is 1. The van der Waals surface area contributed by atoms with Crippen molar-refractivity contribution >= 4 is 23.6 Å². The van der Waals surface area contributed by atoms with Crippen molar-refractivity contribution in [3.63, 3.8) is 0 Å². The number of hydrogen-bond donors (Lipinski definition) is 2. The van der Waals surface area contributed by atoms with Crippen LogP contribution >= 0.6 is 0 Å². The maximum absolute atomic E-state index is 12.5. The second-order valence-electron chi connectivity index (χ2n) is 6.24. The molecule has 2 unspecified atom stereocenters. The van der Waals surface area contributed by atoms with E-state index in [9.17, 15) is 14.4 Å². The van der Waals surface area contributed by atoms with Crippen LogP contribution in [0.25, 0.3) is 0 Å². The highest BCUT2D eigenvalue weighted by molar-refractivity contribution is 6.01. The van der Waals surface area contributed by atoms with Crippen LogP contribution in [-0.4, -0.2) is 54.1 Å². The molecule has 2 N–H and O–H groups in total. The lowest BCUT2D eigenvalue weighted by Gasteiger charge is -2.22. The molecule has 1 heterocycles. The Balaban J connectivity index is 1.94. The third-order valence-corrected chi connectivity index (χ3v) is 4.16. The molecule has 0 bridgehead atoms. The predicted octanol–water partition coefficient (Wildman–Crippen LogP) is 1.46. The summed E-state index contributed by atoms with van der Waals surface area (Å²) in [6.45, 7) is 4.14. The van der Waals surface area contributed by atoms with Gasteiger partial charge in [0.1, 0.15) is 6.04 Å². The molecule has 130 valence electrons. The minimum Gasteiger partial charge on any atom is -0.481 e. The predicted molar refractivity (Wildman–Crippen MR) is 89.9 cm³/mol. The summed E-state index contributed by atoms with van der Waals surface area (Å²) in [4.78, 5) is 38.4. The van der Waals surface area contributed by atoms with E-state index < -0.39 is 24.0 Å². The number of benzene rings is 1. The molecule has 7 heteroatoms. The van der Waals surface area contributed by atoms with Gasteiger partial charge in [-0.3, -0.25) is 9.59 Å². The molecule has 2 rings (SSSR count). The molecule has 0 aliphatic carbocycles. The maximum Gasteiger partial charge on any atom is 0.317 e. The summed E-state index contributed by atoms with van der Waals surface area (Å²) in [6.07, 6.45) is 0.529. The Hall–Kier alpha value is -2.57. The third kappa shape index (κ3) is 4.04. The lowest BCUT2D eigenvalue weighted by molar-refractivity contribution is -0.141. The van der Waals surface area contributed by atoms with Crippen molar-refractivity contribution in [3.05, 3.63) is 29.8 Å². The molecule has 0 radical (unpaired) electrons. The van der Waals surface area contributed by atoms with Crippen LogP contribution in [0.2, 0.25) is 0 Å². The number of rotatable bonds is 5. The van der Waals surface area contributed by atoms with Crippen LogP contribution < -0.4 is 10.2 Å². The van der Waals surface area contributed by atoms with Crippen molar-refractivity contribution in [2.24, 2.45) is 5.92 Å². The number of amides is 3. The average Bonchev–Trinajstić information content (AvgIpc) is 2.89. The maximum atomic E-state index is 12.5. The molecule has 1 saturated heterocycles. The van der Waals surface area contributed by atoms with Crippen LogP contribution in [-0.2, 0) is 9.59 Å². The fourth-order valence-corrected chi connectivity index (χ4v) is 2.63. The molecule has 0 spiro atoms. The van der Waals surface area contributed by atoms with E-state index >= 15 is 0 Å². The molecular weight excluding hydrogens is 310 g/mol.